The SMILES string of the molecule is COC(=O)c1[nH]c(C(=O)c2ccc(Cl)cc2Cl)c2ccccc12. The van der Waals surface area contributed by atoms with Gasteiger partial charge in [-0.05, 0) is 18.2 Å². The number of aromatic amines is 1. The predicted molar refractivity (Wildman–Crippen MR) is 89.5 cm³/mol. The maximum absolute atomic E-state index is 12.8. The van der Waals surface area contributed by atoms with E-state index in [4.69, 9.17) is 27.9 Å². The second kappa shape index (κ2) is 6.07. The fraction of sp³-hybridized carbons (Fsp3) is 0.0588. The summed E-state index contributed by atoms with van der Waals surface area (Å²) < 4.78 is 4.76. The zero-order valence-electron chi connectivity index (χ0n) is 12.0. The summed E-state index contributed by atoms with van der Waals surface area (Å²) in [4.78, 5) is 27.6. The summed E-state index contributed by atoms with van der Waals surface area (Å²) in [6.07, 6.45) is 0. The number of carbonyl (C=O) groups is 2. The summed E-state index contributed by atoms with van der Waals surface area (Å²) in [5.74, 6) is -0.861. The van der Waals surface area contributed by atoms with Crippen molar-refractivity contribution >= 4 is 45.7 Å². The van der Waals surface area contributed by atoms with Gasteiger partial charge in [0.1, 0.15) is 5.69 Å². The molecule has 3 rings (SSSR count). The molecule has 0 atom stereocenters. The van der Waals surface area contributed by atoms with Crippen LogP contribution < -0.4 is 0 Å². The molecule has 0 bridgehead atoms. The van der Waals surface area contributed by atoms with Crippen molar-refractivity contribution in [2.24, 2.45) is 0 Å². The molecule has 6 heteroatoms. The number of carbonyl (C=O) groups excluding carboxylic acids is 2. The van der Waals surface area contributed by atoms with Crippen molar-refractivity contribution in [3.63, 3.8) is 0 Å². The number of aromatic nitrogens is 1. The van der Waals surface area contributed by atoms with Crippen molar-refractivity contribution in [3.05, 3.63) is 69.5 Å². The number of H-pyrrole nitrogens is 1. The molecule has 0 radical (unpaired) electrons. The van der Waals surface area contributed by atoms with Gasteiger partial charge in [-0.1, -0.05) is 47.5 Å². The summed E-state index contributed by atoms with van der Waals surface area (Å²) in [5.41, 5.74) is 0.821. The minimum absolute atomic E-state index is 0.233. The summed E-state index contributed by atoms with van der Waals surface area (Å²) in [6, 6.07) is 11.7. The number of ketones is 1. The molecule has 0 saturated carbocycles. The first-order valence-corrected chi connectivity index (χ1v) is 7.47. The Labute approximate surface area is 142 Å². The van der Waals surface area contributed by atoms with E-state index < -0.39 is 5.97 Å². The van der Waals surface area contributed by atoms with Gasteiger partial charge in [-0.2, -0.15) is 0 Å². The minimum atomic E-state index is -0.539. The highest BCUT2D eigenvalue weighted by atomic mass is 35.5. The summed E-state index contributed by atoms with van der Waals surface area (Å²) in [5, 5.41) is 1.94. The molecule has 116 valence electrons. The van der Waals surface area contributed by atoms with E-state index in [0.717, 1.165) is 0 Å². The second-order valence-corrected chi connectivity index (χ2v) is 5.71. The fourth-order valence-electron chi connectivity index (χ4n) is 2.43. The number of rotatable bonds is 3. The molecule has 3 aromatic rings. The van der Waals surface area contributed by atoms with Crippen LogP contribution in [0.15, 0.2) is 42.5 Å². The van der Waals surface area contributed by atoms with Gasteiger partial charge in [0.25, 0.3) is 0 Å². The molecule has 0 aliphatic rings. The van der Waals surface area contributed by atoms with Crippen LogP contribution in [0.1, 0.15) is 26.5 Å². The minimum Gasteiger partial charge on any atom is -0.464 e. The first kappa shape index (κ1) is 15.6. The molecular formula is C17H11Cl2NO3. The maximum Gasteiger partial charge on any atom is 0.355 e. The Kier molecular flexibility index (Phi) is 4.11. The normalized spacial score (nSPS) is 10.7. The van der Waals surface area contributed by atoms with Crippen LogP contribution in [0, 0.1) is 0 Å². The lowest BCUT2D eigenvalue weighted by Gasteiger charge is -2.03. The van der Waals surface area contributed by atoms with Gasteiger partial charge in [-0.25, -0.2) is 4.79 Å². The monoisotopic (exact) mass is 347 g/mol. The average molecular weight is 348 g/mol. The number of ether oxygens (including phenoxy) is 1. The van der Waals surface area contributed by atoms with Gasteiger partial charge in [0, 0.05) is 21.4 Å². The first-order chi connectivity index (χ1) is 11.0. The summed E-state index contributed by atoms with van der Waals surface area (Å²) in [7, 11) is 1.29. The smallest absolute Gasteiger partial charge is 0.355 e. The van der Waals surface area contributed by atoms with Crippen LogP contribution in [0.25, 0.3) is 10.8 Å². The zero-order chi connectivity index (χ0) is 16.6. The van der Waals surface area contributed by atoms with Gasteiger partial charge in [0.2, 0.25) is 5.78 Å². The molecule has 2 aromatic carbocycles. The van der Waals surface area contributed by atoms with E-state index in [9.17, 15) is 9.59 Å². The number of hydrogen-bond acceptors (Lipinski definition) is 3. The number of hydrogen-bond donors (Lipinski definition) is 1. The van der Waals surface area contributed by atoms with Gasteiger partial charge in [0.15, 0.2) is 0 Å². The van der Waals surface area contributed by atoms with Crippen LogP contribution in [0.4, 0.5) is 0 Å². The summed E-state index contributed by atoms with van der Waals surface area (Å²) in [6.45, 7) is 0. The molecule has 0 unspecified atom stereocenters. The lowest BCUT2D eigenvalue weighted by atomic mass is 10.0. The molecule has 0 saturated heterocycles. The van der Waals surface area contributed by atoms with Gasteiger partial charge >= 0.3 is 5.97 Å². The Morgan fingerprint density at radius 2 is 1.65 bits per heavy atom. The molecule has 4 nitrogen and oxygen atoms in total. The highest BCUT2D eigenvalue weighted by Crippen LogP contribution is 2.28. The third kappa shape index (κ3) is 2.71. The second-order valence-electron chi connectivity index (χ2n) is 4.87. The molecule has 0 amide bonds. The van der Waals surface area contributed by atoms with Gasteiger partial charge in [-0.15, -0.1) is 0 Å². The van der Waals surface area contributed by atoms with Crippen molar-refractivity contribution in [2.45, 2.75) is 0 Å². The quantitative estimate of drug-likeness (QED) is 0.560. The van der Waals surface area contributed by atoms with E-state index in [1.54, 1.807) is 36.4 Å². The van der Waals surface area contributed by atoms with Crippen molar-refractivity contribution < 1.29 is 14.3 Å². The van der Waals surface area contributed by atoms with E-state index in [0.29, 0.717) is 21.4 Å². The van der Waals surface area contributed by atoms with Crippen LogP contribution >= 0.6 is 23.2 Å². The van der Waals surface area contributed by atoms with E-state index in [-0.39, 0.29) is 22.2 Å². The van der Waals surface area contributed by atoms with Crippen LogP contribution in [0.2, 0.25) is 10.0 Å². The van der Waals surface area contributed by atoms with Crippen LogP contribution in [0.3, 0.4) is 0 Å². The fourth-order valence-corrected chi connectivity index (χ4v) is 2.92. The predicted octanol–water partition coefficient (Wildman–Crippen LogP) is 4.49. The first-order valence-electron chi connectivity index (χ1n) is 6.71. The van der Waals surface area contributed by atoms with Crippen molar-refractivity contribution in [3.8, 4) is 0 Å². The van der Waals surface area contributed by atoms with Gasteiger partial charge in [-0.3, -0.25) is 4.79 Å². The highest BCUT2D eigenvalue weighted by Gasteiger charge is 2.22. The molecule has 0 spiro atoms. The number of nitrogens with one attached hydrogen (secondary N) is 1. The van der Waals surface area contributed by atoms with Crippen LogP contribution in [0.5, 0.6) is 0 Å². The Balaban J connectivity index is 2.20. The maximum atomic E-state index is 12.8. The molecule has 23 heavy (non-hydrogen) atoms. The number of esters is 1. The van der Waals surface area contributed by atoms with E-state index in [1.807, 2.05) is 0 Å². The highest BCUT2D eigenvalue weighted by molar-refractivity contribution is 6.38. The summed E-state index contributed by atoms with van der Waals surface area (Å²) >= 11 is 12.0. The average Bonchev–Trinajstić information content (AvgIpc) is 2.93. The Hall–Kier alpha value is -2.30. The van der Waals surface area contributed by atoms with Crippen molar-refractivity contribution in [1.82, 2.24) is 4.98 Å². The Morgan fingerprint density at radius 1 is 1.00 bits per heavy atom. The molecule has 1 aromatic heterocycles. The Morgan fingerprint density at radius 3 is 2.26 bits per heavy atom. The number of halogens is 2. The molecule has 0 aliphatic carbocycles. The largest absolute Gasteiger partial charge is 0.464 e. The molecule has 0 fully saturated rings. The zero-order valence-corrected chi connectivity index (χ0v) is 13.5. The molecular weight excluding hydrogens is 337 g/mol. The number of methoxy groups -OCH3 is 1. The van der Waals surface area contributed by atoms with Crippen molar-refractivity contribution in [2.75, 3.05) is 7.11 Å². The molecule has 1 N–H and O–H groups in total. The van der Waals surface area contributed by atoms with Crippen LogP contribution in [-0.2, 0) is 4.74 Å². The lowest BCUT2D eigenvalue weighted by Crippen LogP contribution is -2.06. The van der Waals surface area contributed by atoms with E-state index in [1.165, 1.54) is 13.2 Å². The van der Waals surface area contributed by atoms with Gasteiger partial charge < -0.3 is 9.72 Å². The third-order valence-electron chi connectivity index (χ3n) is 3.51. The molecule has 1 heterocycles. The number of fused-ring (bicyclic) bond motifs is 1. The standard InChI is InChI=1S/C17H11Cl2NO3/c1-23-17(22)15-11-5-3-2-4-10(11)14(20-15)16(21)12-7-6-9(18)8-13(12)19/h2-8,20H,1H3. The van der Waals surface area contributed by atoms with Crippen molar-refractivity contribution in [1.29, 1.82) is 0 Å². The number of benzene rings is 2. The van der Waals surface area contributed by atoms with Gasteiger partial charge in [0.05, 0.1) is 17.8 Å². The van der Waals surface area contributed by atoms with E-state index >= 15 is 0 Å². The topological polar surface area (TPSA) is 59.2 Å². The Bertz CT molecular complexity index is 931. The third-order valence-corrected chi connectivity index (χ3v) is 4.06. The van der Waals surface area contributed by atoms with E-state index in [2.05, 4.69) is 4.98 Å². The molecule has 0 aliphatic heterocycles. The van der Waals surface area contributed by atoms with Crippen LogP contribution in [-0.4, -0.2) is 23.8 Å². The lowest BCUT2D eigenvalue weighted by molar-refractivity contribution is 0.0597.